The van der Waals surface area contributed by atoms with E-state index in [2.05, 4.69) is 0 Å². The lowest BCUT2D eigenvalue weighted by Gasteiger charge is -2.34. The van der Waals surface area contributed by atoms with E-state index in [1.165, 1.54) is 18.6 Å². The summed E-state index contributed by atoms with van der Waals surface area (Å²) in [7, 11) is 0. The molecular formula is C16H22FNO2. The summed E-state index contributed by atoms with van der Waals surface area (Å²) < 4.78 is 13.3. The molecule has 1 aliphatic rings. The third-order valence-electron chi connectivity index (χ3n) is 4.02. The zero-order valence-corrected chi connectivity index (χ0v) is 11.9. The summed E-state index contributed by atoms with van der Waals surface area (Å²) in [6.45, 7) is 1.96. The molecule has 0 saturated heterocycles. The number of carbonyl (C=O) groups excluding carboxylic acids is 1. The molecule has 1 aliphatic carbocycles. The van der Waals surface area contributed by atoms with Gasteiger partial charge in [-0.3, -0.25) is 4.79 Å². The van der Waals surface area contributed by atoms with E-state index in [0.717, 1.165) is 25.7 Å². The Bertz CT molecular complexity index is 470. The van der Waals surface area contributed by atoms with E-state index in [-0.39, 0.29) is 24.4 Å². The summed E-state index contributed by atoms with van der Waals surface area (Å²) in [6.07, 6.45) is 5.45. The second kappa shape index (κ2) is 6.84. The molecule has 110 valence electrons. The largest absolute Gasteiger partial charge is 0.395 e. The number of benzene rings is 1. The third-order valence-corrected chi connectivity index (χ3v) is 4.02. The molecule has 3 nitrogen and oxygen atoms in total. The lowest BCUT2D eigenvalue weighted by molar-refractivity contribution is 0.0585. The van der Waals surface area contributed by atoms with Crippen LogP contribution in [0.1, 0.15) is 48.0 Å². The number of nitrogens with zero attached hydrogens (tertiary/aromatic N) is 1. The maximum atomic E-state index is 13.3. The first-order valence-corrected chi connectivity index (χ1v) is 7.31. The van der Waals surface area contributed by atoms with Gasteiger partial charge in [-0.1, -0.05) is 19.3 Å². The van der Waals surface area contributed by atoms with Crippen LogP contribution < -0.4 is 0 Å². The zero-order chi connectivity index (χ0) is 14.5. The number of aryl methyl sites for hydroxylation is 1. The molecule has 0 aromatic heterocycles. The molecule has 1 aromatic rings. The fraction of sp³-hybridized carbons (Fsp3) is 0.562. The van der Waals surface area contributed by atoms with Crippen LogP contribution in [0.5, 0.6) is 0 Å². The minimum Gasteiger partial charge on any atom is -0.395 e. The summed E-state index contributed by atoms with van der Waals surface area (Å²) in [5.41, 5.74) is 0.978. The number of aliphatic hydroxyl groups excluding tert-OH is 1. The fourth-order valence-corrected chi connectivity index (χ4v) is 2.89. The van der Waals surface area contributed by atoms with Gasteiger partial charge in [-0.2, -0.15) is 0 Å². The van der Waals surface area contributed by atoms with Crippen molar-refractivity contribution in [1.82, 2.24) is 4.90 Å². The van der Waals surface area contributed by atoms with Crippen molar-refractivity contribution in [3.63, 3.8) is 0 Å². The van der Waals surface area contributed by atoms with E-state index in [9.17, 15) is 14.3 Å². The average molecular weight is 279 g/mol. The van der Waals surface area contributed by atoms with Gasteiger partial charge >= 0.3 is 0 Å². The van der Waals surface area contributed by atoms with Gasteiger partial charge in [-0.15, -0.1) is 0 Å². The Hall–Kier alpha value is -1.42. The molecule has 1 amide bonds. The first kappa shape index (κ1) is 15.0. The van der Waals surface area contributed by atoms with Crippen molar-refractivity contribution >= 4 is 5.91 Å². The number of hydrogen-bond donors (Lipinski definition) is 1. The van der Waals surface area contributed by atoms with Crippen LogP contribution in [0, 0.1) is 12.7 Å². The molecule has 1 saturated carbocycles. The third kappa shape index (κ3) is 3.37. The topological polar surface area (TPSA) is 40.5 Å². The van der Waals surface area contributed by atoms with Crippen LogP contribution in [0.25, 0.3) is 0 Å². The fourth-order valence-electron chi connectivity index (χ4n) is 2.89. The Morgan fingerprint density at radius 3 is 2.65 bits per heavy atom. The standard InChI is InChI=1S/C16H22FNO2/c1-12-11-13(7-8-15(12)17)16(20)18(9-10-19)14-5-3-2-4-6-14/h7-8,11,14,19H,2-6,9-10H2,1H3. The van der Waals surface area contributed by atoms with Crippen molar-refractivity contribution in [3.05, 3.63) is 35.1 Å². The van der Waals surface area contributed by atoms with Gasteiger partial charge in [-0.05, 0) is 43.5 Å². The van der Waals surface area contributed by atoms with Gasteiger partial charge in [0, 0.05) is 18.2 Å². The molecule has 0 aliphatic heterocycles. The van der Waals surface area contributed by atoms with Crippen LogP contribution in [-0.4, -0.2) is 35.1 Å². The Kier molecular flexibility index (Phi) is 5.12. The minimum absolute atomic E-state index is 0.0393. The lowest BCUT2D eigenvalue weighted by atomic mass is 9.93. The molecule has 0 heterocycles. The number of hydrogen-bond acceptors (Lipinski definition) is 2. The zero-order valence-electron chi connectivity index (χ0n) is 11.9. The molecule has 0 radical (unpaired) electrons. The normalized spacial score (nSPS) is 16.1. The van der Waals surface area contributed by atoms with Crippen LogP contribution >= 0.6 is 0 Å². The van der Waals surface area contributed by atoms with Gasteiger partial charge in [0.15, 0.2) is 0 Å². The van der Waals surface area contributed by atoms with Crippen molar-refractivity contribution in [2.75, 3.05) is 13.2 Å². The van der Waals surface area contributed by atoms with E-state index < -0.39 is 0 Å². The molecular weight excluding hydrogens is 257 g/mol. The maximum Gasteiger partial charge on any atom is 0.254 e. The van der Waals surface area contributed by atoms with Crippen LogP contribution in [0.15, 0.2) is 18.2 Å². The summed E-state index contributed by atoms with van der Waals surface area (Å²) in [5.74, 6) is -0.401. The highest BCUT2D eigenvalue weighted by Gasteiger charge is 2.26. The Labute approximate surface area is 119 Å². The Morgan fingerprint density at radius 1 is 1.35 bits per heavy atom. The molecule has 0 spiro atoms. The number of rotatable bonds is 4. The summed E-state index contributed by atoms with van der Waals surface area (Å²) in [6, 6.07) is 4.65. The lowest BCUT2D eigenvalue weighted by Crippen LogP contribution is -2.43. The first-order chi connectivity index (χ1) is 9.63. The highest BCUT2D eigenvalue weighted by Crippen LogP contribution is 2.24. The molecule has 0 bridgehead atoms. The number of halogens is 1. The summed E-state index contributed by atoms with van der Waals surface area (Å²) in [4.78, 5) is 14.3. The average Bonchev–Trinajstić information content (AvgIpc) is 2.48. The van der Waals surface area contributed by atoms with Gasteiger partial charge in [0.1, 0.15) is 5.82 Å². The molecule has 4 heteroatoms. The molecule has 1 fully saturated rings. The van der Waals surface area contributed by atoms with E-state index in [4.69, 9.17) is 0 Å². The molecule has 20 heavy (non-hydrogen) atoms. The molecule has 0 atom stereocenters. The Morgan fingerprint density at radius 2 is 2.05 bits per heavy atom. The summed E-state index contributed by atoms with van der Waals surface area (Å²) in [5, 5.41) is 9.21. The van der Waals surface area contributed by atoms with Crippen molar-refractivity contribution in [2.45, 2.75) is 45.1 Å². The van der Waals surface area contributed by atoms with Crippen molar-refractivity contribution in [3.8, 4) is 0 Å². The predicted molar refractivity (Wildman–Crippen MR) is 76.1 cm³/mol. The molecule has 1 aromatic carbocycles. The van der Waals surface area contributed by atoms with Crippen LogP contribution in [0.4, 0.5) is 4.39 Å². The van der Waals surface area contributed by atoms with Gasteiger partial charge in [0.05, 0.1) is 6.61 Å². The van der Waals surface area contributed by atoms with Crippen LogP contribution in [0.3, 0.4) is 0 Å². The van der Waals surface area contributed by atoms with Crippen LogP contribution in [-0.2, 0) is 0 Å². The number of amides is 1. The van der Waals surface area contributed by atoms with Gasteiger partial charge in [0.25, 0.3) is 5.91 Å². The summed E-state index contributed by atoms with van der Waals surface area (Å²) >= 11 is 0. The highest BCUT2D eigenvalue weighted by molar-refractivity contribution is 5.94. The number of carbonyl (C=O) groups is 1. The molecule has 0 unspecified atom stereocenters. The number of aliphatic hydroxyl groups is 1. The van der Waals surface area contributed by atoms with E-state index in [0.29, 0.717) is 17.7 Å². The smallest absolute Gasteiger partial charge is 0.254 e. The second-order valence-electron chi connectivity index (χ2n) is 5.48. The monoisotopic (exact) mass is 279 g/mol. The predicted octanol–water partition coefficient (Wildman–Crippen LogP) is 2.90. The van der Waals surface area contributed by atoms with Crippen molar-refractivity contribution in [2.24, 2.45) is 0 Å². The van der Waals surface area contributed by atoms with E-state index in [1.54, 1.807) is 17.9 Å². The van der Waals surface area contributed by atoms with Gasteiger partial charge in [0.2, 0.25) is 0 Å². The Balaban J connectivity index is 2.18. The van der Waals surface area contributed by atoms with Crippen LogP contribution in [0.2, 0.25) is 0 Å². The van der Waals surface area contributed by atoms with Gasteiger partial charge < -0.3 is 10.0 Å². The van der Waals surface area contributed by atoms with Crippen molar-refractivity contribution in [1.29, 1.82) is 0 Å². The highest BCUT2D eigenvalue weighted by atomic mass is 19.1. The molecule has 1 N–H and O–H groups in total. The van der Waals surface area contributed by atoms with E-state index >= 15 is 0 Å². The SMILES string of the molecule is Cc1cc(C(=O)N(CCO)C2CCCCC2)ccc1F. The van der Waals surface area contributed by atoms with E-state index in [1.807, 2.05) is 0 Å². The second-order valence-corrected chi connectivity index (χ2v) is 5.48. The van der Waals surface area contributed by atoms with Gasteiger partial charge in [-0.25, -0.2) is 4.39 Å². The maximum absolute atomic E-state index is 13.3. The molecule has 2 rings (SSSR count). The quantitative estimate of drug-likeness (QED) is 0.920. The first-order valence-electron chi connectivity index (χ1n) is 7.31. The minimum atomic E-state index is -0.298. The van der Waals surface area contributed by atoms with Crippen molar-refractivity contribution < 1.29 is 14.3 Å².